The largest absolute Gasteiger partial charge is 0.483 e. The maximum Gasteiger partial charge on any atom is 0.407 e. The van der Waals surface area contributed by atoms with Gasteiger partial charge in [0.15, 0.2) is 12.0 Å². The average Bonchev–Trinajstić information content (AvgIpc) is 2.91. The van der Waals surface area contributed by atoms with E-state index in [1.807, 2.05) is 19.9 Å². The maximum absolute atomic E-state index is 13.4. The SMILES string of the molecule is CCOC(=O)CC(OC(=O)SOc1ccccc1)c1ccn(C2=CC(C)(C)Oc3ccc(C#N)cc32)c(=O)c1. The first-order valence-electron chi connectivity index (χ1n) is 12.1. The Morgan fingerprint density at radius 3 is 2.59 bits per heavy atom. The second-order valence-electron chi connectivity index (χ2n) is 9.07. The third kappa shape index (κ3) is 6.89. The molecule has 10 heteroatoms. The molecule has 2 aromatic carbocycles. The summed E-state index contributed by atoms with van der Waals surface area (Å²) in [5.74, 6) is 0.411. The molecule has 2 heterocycles. The van der Waals surface area contributed by atoms with E-state index >= 15 is 0 Å². The maximum atomic E-state index is 13.4. The van der Waals surface area contributed by atoms with Crippen molar-refractivity contribution in [2.24, 2.45) is 0 Å². The number of fused-ring (bicyclic) bond motifs is 1. The Kier molecular flexibility index (Phi) is 8.42. The Hall–Kier alpha value is -4.49. The van der Waals surface area contributed by atoms with Gasteiger partial charge in [0.05, 0.1) is 30.4 Å². The molecular weight excluding hydrogens is 520 g/mol. The van der Waals surface area contributed by atoms with Crippen LogP contribution in [0.25, 0.3) is 5.70 Å². The summed E-state index contributed by atoms with van der Waals surface area (Å²) in [7, 11) is 0. The van der Waals surface area contributed by atoms with E-state index in [0.29, 0.717) is 45.9 Å². The molecule has 0 spiro atoms. The molecule has 0 bridgehead atoms. The summed E-state index contributed by atoms with van der Waals surface area (Å²) in [6, 6.07) is 18.7. The normalized spacial score (nSPS) is 14.1. The summed E-state index contributed by atoms with van der Waals surface area (Å²) in [5, 5.41) is 8.58. The molecule has 39 heavy (non-hydrogen) atoms. The summed E-state index contributed by atoms with van der Waals surface area (Å²) in [6.45, 7) is 5.54. The molecule has 4 rings (SSSR count). The third-order valence-corrected chi connectivity index (χ3v) is 6.17. The highest BCUT2D eigenvalue weighted by Gasteiger charge is 2.29. The summed E-state index contributed by atoms with van der Waals surface area (Å²) in [4.78, 5) is 38.2. The number of benzene rings is 2. The van der Waals surface area contributed by atoms with Crippen LogP contribution < -0.4 is 14.5 Å². The van der Waals surface area contributed by atoms with E-state index in [1.54, 1.807) is 61.5 Å². The molecule has 0 saturated carbocycles. The number of aromatic nitrogens is 1. The lowest BCUT2D eigenvalue weighted by Gasteiger charge is -2.31. The van der Waals surface area contributed by atoms with Gasteiger partial charge < -0.3 is 18.4 Å². The Balaban J connectivity index is 1.63. The Labute approximate surface area is 229 Å². The minimum absolute atomic E-state index is 0.156. The van der Waals surface area contributed by atoms with Crippen LogP contribution in [0, 0.1) is 11.3 Å². The van der Waals surface area contributed by atoms with E-state index in [0.717, 1.165) is 0 Å². The highest BCUT2D eigenvalue weighted by molar-refractivity contribution is 8.09. The van der Waals surface area contributed by atoms with E-state index in [9.17, 15) is 19.6 Å². The number of para-hydroxylation sites is 1. The zero-order valence-electron chi connectivity index (χ0n) is 21.6. The van der Waals surface area contributed by atoms with Crippen molar-refractivity contribution in [3.63, 3.8) is 0 Å². The monoisotopic (exact) mass is 546 g/mol. The molecule has 200 valence electrons. The average molecular weight is 547 g/mol. The summed E-state index contributed by atoms with van der Waals surface area (Å²) in [6.07, 6.45) is 1.97. The lowest BCUT2D eigenvalue weighted by atomic mass is 9.97. The van der Waals surface area contributed by atoms with Crippen molar-refractivity contribution < 1.29 is 28.0 Å². The molecule has 0 aliphatic carbocycles. The highest BCUT2D eigenvalue weighted by Crippen LogP contribution is 2.37. The van der Waals surface area contributed by atoms with Crippen molar-refractivity contribution in [1.82, 2.24) is 4.57 Å². The number of hydrogen-bond acceptors (Lipinski definition) is 9. The van der Waals surface area contributed by atoms with Crippen molar-refractivity contribution in [3.8, 4) is 17.6 Å². The van der Waals surface area contributed by atoms with Crippen LogP contribution >= 0.6 is 12.0 Å². The molecule has 3 aromatic rings. The molecule has 0 fully saturated rings. The second kappa shape index (κ2) is 11.9. The molecular formula is C29H26N2O7S. The molecule has 9 nitrogen and oxygen atoms in total. The number of ether oxygens (including phenoxy) is 3. The fourth-order valence-corrected chi connectivity index (χ4v) is 4.43. The molecule has 0 radical (unpaired) electrons. The van der Waals surface area contributed by atoms with Crippen LogP contribution in [0.2, 0.25) is 0 Å². The summed E-state index contributed by atoms with van der Waals surface area (Å²) < 4.78 is 23.4. The smallest absolute Gasteiger partial charge is 0.407 e. The quantitative estimate of drug-likeness (QED) is 0.261. The lowest BCUT2D eigenvalue weighted by molar-refractivity contribution is -0.145. The number of nitriles is 1. The number of rotatable bonds is 8. The van der Waals surface area contributed by atoms with Crippen LogP contribution in [0.15, 0.2) is 77.7 Å². The molecule has 0 amide bonds. The van der Waals surface area contributed by atoms with Crippen LogP contribution in [0.4, 0.5) is 4.79 Å². The van der Waals surface area contributed by atoms with Gasteiger partial charge in [0.25, 0.3) is 5.56 Å². The van der Waals surface area contributed by atoms with Gasteiger partial charge in [-0.3, -0.25) is 14.2 Å². The number of carbonyl (C=O) groups is 2. The van der Waals surface area contributed by atoms with Gasteiger partial charge in [0, 0.05) is 17.8 Å². The zero-order chi connectivity index (χ0) is 28.0. The molecule has 1 aromatic heterocycles. The highest BCUT2D eigenvalue weighted by atomic mass is 32.2. The fourth-order valence-electron chi connectivity index (χ4n) is 3.99. The van der Waals surface area contributed by atoms with Crippen LogP contribution in [-0.4, -0.2) is 28.0 Å². The number of nitrogens with zero attached hydrogens (tertiary/aromatic N) is 2. The standard InChI is InChI=1S/C29H26N2O7S/c1-4-35-27(33)16-25(36-28(34)39-38-21-8-6-5-7-9-21)20-12-13-31(26(32)15-20)23-17-29(2,3)37-24-11-10-19(18-30)14-22(23)24/h5-15,17,25H,4,16H2,1-3H3. The van der Waals surface area contributed by atoms with Crippen LogP contribution in [0.5, 0.6) is 11.5 Å². The van der Waals surface area contributed by atoms with E-state index in [-0.39, 0.29) is 13.0 Å². The fraction of sp³-hybridized carbons (Fsp3) is 0.241. The minimum atomic E-state index is -1.08. The molecule has 1 unspecified atom stereocenters. The van der Waals surface area contributed by atoms with Crippen molar-refractivity contribution in [1.29, 1.82) is 5.26 Å². The molecule has 1 atom stereocenters. The molecule has 0 saturated heterocycles. The first kappa shape index (κ1) is 27.5. The van der Waals surface area contributed by atoms with E-state index in [1.165, 1.54) is 16.8 Å². The number of esters is 1. The van der Waals surface area contributed by atoms with Crippen molar-refractivity contribution in [2.45, 2.75) is 38.9 Å². The van der Waals surface area contributed by atoms with Gasteiger partial charge in [-0.2, -0.15) is 5.26 Å². The van der Waals surface area contributed by atoms with Crippen molar-refractivity contribution >= 4 is 29.0 Å². The summed E-state index contributed by atoms with van der Waals surface area (Å²) in [5.41, 5.74) is 0.725. The first-order chi connectivity index (χ1) is 18.7. The van der Waals surface area contributed by atoms with Gasteiger partial charge in [0.2, 0.25) is 0 Å². The molecule has 1 aliphatic rings. The Morgan fingerprint density at radius 1 is 1.13 bits per heavy atom. The number of carbonyl (C=O) groups excluding carboxylic acids is 2. The van der Waals surface area contributed by atoms with E-state index in [2.05, 4.69) is 6.07 Å². The van der Waals surface area contributed by atoms with Gasteiger partial charge in [-0.25, -0.2) is 4.79 Å². The van der Waals surface area contributed by atoms with E-state index < -0.39 is 28.5 Å². The van der Waals surface area contributed by atoms with E-state index in [4.69, 9.17) is 18.4 Å². The second-order valence-corrected chi connectivity index (χ2v) is 9.74. The van der Waals surface area contributed by atoms with Crippen LogP contribution in [-0.2, 0) is 14.3 Å². The van der Waals surface area contributed by atoms with Gasteiger partial charge in [-0.05, 0) is 68.8 Å². The van der Waals surface area contributed by atoms with Crippen LogP contribution in [0.1, 0.15) is 50.0 Å². The van der Waals surface area contributed by atoms with Gasteiger partial charge >= 0.3 is 11.3 Å². The Morgan fingerprint density at radius 2 is 1.90 bits per heavy atom. The van der Waals surface area contributed by atoms with Crippen molar-refractivity contribution in [3.05, 3.63) is 100.0 Å². The number of hydrogen-bond donors (Lipinski definition) is 0. The predicted octanol–water partition coefficient (Wildman–Crippen LogP) is 5.64. The minimum Gasteiger partial charge on any atom is -0.483 e. The summed E-state index contributed by atoms with van der Waals surface area (Å²) >= 11 is 0.473. The van der Waals surface area contributed by atoms with Gasteiger partial charge in [-0.1, -0.05) is 18.2 Å². The zero-order valence-corrected chi connectivity index (χ0v) is 22.4. The predicted molar refractivity (Wildman–Crippen MR) is 145 cm³/mol. The molecule has 1 aliphatic heterocycles. The number of pyridine rings is 1. The third-order valence-electron chi connectivity index (χ3n) is 5.66. The Bertz CT molecular complexity index is 1510. The molecule has 0 N–H and O–H groups in total. The van der Waals surface area contributed by atoms with Crippen LogP contribution in [0.3, 0.4) is 0 Å². The first-order valence-corrected chi connectivity index (χ1v) is 12.9. The van der Waals surface area contributed by atoms with Crippen molar-refractivity contribution in [2.75, 3.05) is 6.61 Å². The van der Waals surface area contributed by atoms with Gasteiger partial charge in [-0.15, -0.1) is 0 Å². The lowest BCUT2D eigenvalue weighted by Crippen LogP contribution is -2.32. The topological polar surface area (TPSA) is 117 Å². The van der Waals surface area contributed by atoms with Gasteiger partial charge in [0.1, 0.15) is 23.2 Å².